The molecule has 0 radical (unpaired) electrons. The lowest BCUT2D eigenvalue weighted by Gasteiger charge is -2.27. The number of hydrogen-bond donors (Lipinski definition) is 0. The zero-order valence-corrected chi connectivity index (χ0v) is 10.7. The molecule has 0 aliphatic heterocycles. The SMILES string of the molecule is C/C=C/[C@H]1CC[C@H](c2ccc(C#N)c(F)c2)CC1. The molecule has 0 heterocycles. The summed E-state index contributed by atoms with van der Waals surface area (Å²) in [5, 5.41) is 8.72. The van der Waals surface area contributed by atoms with E-state index in [1.54, 1.807) is 12.1 Å². The van der Waals surface area contributed by atoms with Crippen molar-refractivity contribution in [1.82, 2.24) is 0 Å². The van der Waals surface area contributed by atoms with Gasteiger partial charge in [-0.3, -0.25) is 0 Å². The average Bonchev–Trinajstić information content (AvgIpc) is 2.40. The summed E-state index contributed by atoms with van der Waals surface area (Å²) in [4.78, 5) is 0. The van der Waals surface area contributed by atoms with Crippen LogP contribution >= 0.6 is 0 Å². The average molecular weight is 243 g/mol. The van der Waals surface area contributed by atoms with E-state index >= 15 is 0 Å². The van der Waals surface area contributed by atoms with E-state index in [1.165, 1.54) is 12.8 Å². The highest BCUT2D eigenvalue weighted by atomic mass is 19.1. The molecule has 2 rings (SSSR count). The van der Waals surface area contributed by atoms with Crippen molar-refractivity contribution in [3.63, 3.8) is 0 Å². The Morgan fingerprint density at radius 3 is 2.56 bits per heavy atom. The van der Waals surface area contributed by atoms with Crippen molar-refractivity contribution in [2.75, 3.05) is 0 Å². The van der Waals surface area contributed by atoms with Crippen LogP contribution in [0, 0.1) is 23.1 Å². The van der Waals surface area contributed by atoms with Crippen LogP contribution in [0.15, 0.2) is 30.4 Å². The maximum atomic E-state index is 13.6. The van der Waals surface area contributed by atoms with E-state index in [9.17, 15) is 4.39 Å². The van der Waals surface area contributed by atoms with Crippen molar-refractivity contribution in [3.8, 4) is 6.07 Å². The molecule has 1 saturated carbocycles. The molecule has 0 saturated heterocycles. The Bertz CT molecular complexity index is 476. The molecule has 0 bridgehead atoms. The molecule has 0 spiro atoms. The third-order valence-electron chi connectivity index (χ3n) is 3.82. The maximum Gasteiger partial charge on any atom is 0.141 e. The fourth-order valence-corrected chi connectivity index (χ4v) is 2.79. The number of rotatable bonds is 2. The van der Waals surface area contributed by atoms with E-state index in [1.807, 2.05) is 12.1 Å². The Kier molecular flexibility index (Phi) is 4.15. The van der Waals surface area contributed by atoms with Gasteiger partial charge < -0.3 is 0 Å². The fraction of sp³-hybridized carbons (Fsp3) is 0.438. The van der Waals surface area contributed by atoms with Gasteiger partial charge >= 0.3 is 0 Å². The molecule has 1 aliphatic carbocycles. The predicted molar refractivity (Wildman–Crippen MR) is 70.6 cm³/mol. The lowest BCUT2D eigenvalue weighted by atomic mass is 9.78. The van der Waals surface area contributed by atoms with Gasteiger partial charge in [-0.25, -0.2) is 4.39 Å². The summed E-state index contributed by atoms with van der Waals surface area (Å²) < 4.78 is 13.6. The minimum absolute atomic E-state index is 0.140. The maximum absolute atomic E-state index is 13.6. The summed E-state index contributed by atoms with van der Waals surface area (Å²) >= 11 is 0. The number of allylic oxidation sites excluding steroid dienone is 2. The van der Waals surface area contributed by atoms with Crippen molar-refractivity contribution in [3.05, 3.63) is 47.3 Å². The van der Waals surface area contributed by atoms with E-state index in [0.29, 0.717) is 11.8 Å². The second kappa shape index (κ2) is 5.82. The highest BCUT2D eigenvalue weighted by molar-refractivity contribution is 5.34. The predicted octanol–water partition coefficient (Wildman–Crippen LogP) is 4.55. The van der Waals surface area contributed by atoms with E-state index in [-0.39, 0.29) is 11.4 Å². The molecule has 1 aliphatic rings. The summed E-state index contributed by atoms with van der Waals surface area (Å²) in [6.45, 7) is 2.06. The van der Waals surface area contributed by atoms with Crippen LogP contribution in [0.4, 0.5) is 4.39 Å². The van der Waals surface area contributed by atoms with Gasteiger partial charge in [0.05, 0.1) is 5.56 Å². The van der Waals surface area contributed by atoms with Crippen LogP contribution in [0.5, 0.6) is 0 Å². The normalized spacial score (nSPS) is 24.1. The molecule has 0 atom stereocenters. The first-order valence-corrected chi connectivity index (χ1v) is 6.57. The smallest absolute Gasteiger partial charge is 0.141 e. The van der Waals surface area contributed by atoms with Crippen LogP contribution in [-0.2, 0) is 0 Å². The van der Waals surface area contributed by atoms with Gasteiger partial charge in [0, 0.05) is 0 Å². The minimum atomic E-state index is -0.384. The Morgan fingerprint density at radius 2 is 2.00 bits per heavy atom. The van der Waals surface area contributed by atoms with Crippen LogP contribution in [-0.4, -0.2) is 0 Å². The minimum Gasteiger partial charge on any atom is -0.206 e. The summed E-state index contributed by atoms with van der Waals surface area (Å²) in [5.74, 6) is 0.758. The molecule has 1 nitrogen and oxygen atoms in total. The molecule has 0 N–H and O–H groups in total. The quantitative estimate of drug-likeness (QED) is 0.699. The van der Waals surface area contributed by atoms with Gasteiger partial charge in [-0.05, 0) is 62.1 Å². The molecule has 0 aromatic heterocycles. The van der Waals surface area contributed by atoms with E-state index in [0.717, 1.165) is 18.4 Å². The van der Waals surface area contributed by atoms with Crippen LogP contribution in [0.2, 0.25) is 0 Å². The zero-order chi connectivity index (χ0) is 13.0. The van der Waals surface area contributed by atoms with E-state index in [4.69, 9.17) is 5.26 Å². The topological polar surface area (TPSA) is 23.8 Å². The third-order valence-corrected chi connectivity index (χ3v) is 3.82. The Balaban J connectivity index is 2.06. The second-order valence-electron chi connectivity index (χ2n) is 4.99. The molecule has 0 amide bonds. The van der Waals surface area contributed by atoms with Gasteiger partial charge in [0.2, 0.25) is 0 Å². The molecule has 18 heavy (non-hydrogen) atoms. The Morgan fingerprint density at radius 1 is 1.28 bits per heavy atom. The van der Waals surface area contributed by atoms with Crippen molar-refractivity contribution in [2.45, 2.75) is 38.5 Å². The number of nitrogens with zero attached hydrogens (tertiary/aromatic N) is 1. The summed E-state index contributed by atoms with van der Waals surface area (Å²) in [7, 11) is 0. The number of nitriles is 1. The molecule has 2 heteroatoms. The van der Waals surface area contributed by atoms with Crippen molar-refractivity contribution in [1.29, 1.82) is 5.26 Å². The largest absolute Gasteiger partial charge is 0.206 e. The van der Waals surface area contributed by atoms with Crippen LogP contribution in [0.1, 0.15) is 49.7 Å². The van der Waals surface area contributed by atoms with Gasteiger partial charge in [0.15, 0.2) is 0 Å². The number of halogens is 1. The molecule has 0 unspecified atom stereocenters. The first-order chi connectivity index (χ1) is 8.74. The Hall–Kier alpha value is -1.62. The van der Waals surface area contributed by atoms with Gasteiger partial charge in [-0.1, -0.05) is 18.2 Å². The standard InChI is InChI=1S/C16H18FN/c1-2-3-12-4-6-13(7-5-12)14-8-9-15(11-18)16(17)10-14/h2-3,8-10,12-13H,4-7H2,1H3/b3-2+/t12-,13-. The first-order valence-electron chi connectivity index (χ1n) is 6.57. The lowest BCUT2D eigenvalue weighted by molar-refractivity contribution is 0.375. The molecule has 94 valence electrons. The van der Waals surface area contributed by atoms with Crippen molar-refractivity contribution in [2.24, 2.45) is 5.92 Å². The summed E-state index contributed by atoms with van der Waals surface area (Å²) in [6, 6.07) is 6.91. The van der Waals surface area contributed by atoms with Gasteiger partial charge in [0.25, 0.3) is 0 Å². The van der Waals surface area contributed by atoms with Crippen molar-refractivity contribution < 1.29 is 4.39 Å². The van der Waals surface area contributed by atoms with Crippen molar-refractivity contribution >= 4 is 0 Å². The lowest BCUT2D eigenvalue weighted by Crippen LogP contribution is -2.12. The summed E-state index contributed by atoms with van der Waals surface area (Å²) in [5.41, 5.74) is 1.19. The monoisotopic (exact) mass is 243 g/mol. The van der Waals surface area contributed by atoms with Gasteiger partial charge in [0.1, 0.15) is 11.9 Å². The highest BCUT2D eigenvalue weighted by Gasteiger charge is 2.21. The number of hydrogen-bond acceptors (Lipinski definition) is 1. The summed E-state index contributed by atoms with van der Waals surface area (Å²) in [6.07, 6.45) is 8.97. The molecular formula is C16H18FN. The zero-order valence-electron chi connectivity index (χ0n) is 10.7. The molecule has 1 aromatic carbocycles. The molecule has 1 aromatic rings. The van der Waals surface area contributed by atoms with Crippen LogP contribution < -0.4 is 0 Å². The third kappa shape index (κ3) is 2.79. The van der Waals surface area contributed by atoms with Crippen LogP contribution in [0.25, 0.3) is 0 Å². The molecule has 1 fully saturated rings. The number of benzene rings is 1. The van der Waals surface area contributed by atoms with Gasteiger partial charge in [-0.2, -0.15) is 5.26 Å². The van der Waals surface area contributed by atoms with Crippen LogP contribution in [0.3, 0.4) is 0 Å². The second-order valence-corrected chi connectivity index (χ2v) is 4.99. The highest BCUT2D eigenvalue weighted by Crippen LogP contribution is 2.36. The van der Waals surface area contributed by atoms with Gasteiger partial charge in [-0.15, -0.1) is 0 Å². The Labute approximate surface area is 108 Å². The van der Waals surface area contributed by atoms with E-state index < -0.39 is 0 Å². The fourth-order valence-electron chi connectivity index (χ4n) is 2.79. The van der Waals surface area contributed by atoms with E-state index in [2.05, 4.69) is 19.1 Å². The first kappa shape index (κ1) is 12.8. The molecular weight excluding hydrogens is 225 g/mol.